The quantitative estimate of drug-likeness (QED) is 0.681. The van der Waals surface area contributed by atoms with Crippen LogP contribution in [0.1, 0.15) is 20.8 Å². The molecule has 0 fully saturated rings. The Morgan fingerprint density at radius 2 is 1.60 bits per heavy atom. The number of nitrogens with zero attached hydrogens (tertiary/aromatic N) is 2. The molecule has 3 heteroatoms. The molecule has 0 aliphatic heterocycles. The fraction of sp³-hybridized carbons (Fsp3) is 0.417. The third kappa shape index (κ3) is 1.39. The van der Waals surface area contributed by atoms with Crippen molar-refractivity contribution in [1.29, 1.82) is 5.41 Å². The van der Waals surface area contributed by atoms with Crippen molar-refractivity contribution in [3.63, 3.8) is 0 Å². The van der Waals surface area contributed by atoms with Gasteiger partial charge in [-0.25, -0.2) is 0 Å². The Morgan fingerprint density at radius 1 is 1.07 bits per heavy atom. The van der Waals surface area contributed by atoms with Crippen molar-refractivity contribution in [2.75, 3.05) is 0 Å². The van der Waals surface area contributed by atoms with Crippen LogP contribution < -0.4 is 5.62 Å². The molecule has 0 radical (unpaired) electrons. The van der Waals surface area contributed by atoms with Gasteiger partial charge in [0.05, 0.1) is 11.0 Å². The largest absolute Gasteiger partial charge is 0.313 e. The normalized spacial score (nSPS) is 12.3. The molecule has 2 rings (SSSR count). The summed E-state index contributed by atoms with van der Waals surface area (Å²) in [6, 6.07) is 8.15. The molecule has 0 spiro atoms. The highest BCUT2D eigenvalue weighted by molar-refractivity contribution is 5.76. The lowest BCUT2D eigenvalue weighted by Crippen LogP contribution is -2.34. The summed E-state index contributed by atoms with van der Waals surface area (Å²) in [5, 5.41) is 8.11. The predicted molar refractivity (Wildman–Crippen MR) is 61.8 cm³/mol. The fourth-order valence-corrected chi connectivity index (χ4v) is 1.99. The summed E-state index contributed by atoms with van der Waals surface area (Å²) in [4.78, 5) is 0. The molecule has 0 saturated carbocycles. The molecule has 0 aliphatic carbocycles. The minimum atomic E-state index is -0.0576. The van der Waals surface area contributed by atoms with E-state index in [9.17, 15) is 0 Å². The third-order valence-corrected chi connectivity index (χ3v) is 2.68. The summed E-state index contributed by atoms with van der Waals surface area (Å²) >= 11 is 0. The van der Waals surface area contributed by atoms with E-state index < -0.39 is 0 Å². The number of rotatable bonds is 0. The van der Waals surface area contributed by atoms with Crippen molar-refractivity contribution in [1.82, 2.24) is 9.13 Å². The minimum Gasteiger partial charge on any atom is -0.313 e. The first-order valence-corrected chi connectivity index (χ1v) is 5.14. The molecule has 1 aromatic carbocycles. The van der Waals surface area contributed by atoms with E-state index in [0.717, 1.165) is 11.0 Å². The molecule has 0 unspecified atom stereocenters. The molecule has 1 N–H and O–H groups in total. The highest BCUT2D eigenvalue weighted by Gasteiger charge is 2.18. The van der Waals surface area contributed by atoms with Gasteiger partial charge in [0.2, 0.25) is 5.62 Å². The Morgan fingerprint density at radius 3 is 2.13 bits per heavy atom. The second-order valence-electron chi connectivity index (χ2n) is 4.88. The summed E-state index contributed by atoms with van der Waals surface area (Å²) in [6.07, 6.45) is 0. The van der Waals surface area contributed by atoms with Gasteiger partial charge < -0.3 is 9.13 Å². The smallest absolute Gasteiger partial charge is 0.203 e. The first-order valence-electron chi connectivity index (χ1n) is 5.14. The van der Waals surface area contributed by atoms with Gasteiger partial charge >= 0.3 is 0 Å². The zero-order valence-electron chi connectivity index (χ0n) is 9.70. The Bertz CT molecular complexity index is 552. The maximum atomic E-state index is 8.11. The van der Waals surface area contributed by atoms with Crippen molar-refractivity contribution in [2.45, 2.75) is 26.3 Å². The molecule has 0 bridgehead atoms. The predicted octanol–water partition coefficient (Wildman–Crippen LogP) is 2.21. The van der Waals surface area contributed by atoms with Gasteiger partial charge in [-0.1, -0.05) is 12.1 Å². The first-order chi connectivity index (χ1) is 6.93. The second-order valence-corrected chi connectivity index (χ2v) is 4.88. The topological polar surface area (TPSA) is 33.7 Å². The number of para-hydroxylation sites is 2. The van der Waals surface area contributed by atoms with E-state index >= 15 is 0 Å². The van der Waals surface area contributed by atoms with Crippen molar-refractivity contribution in [3.05, 3.63) is 29.9 Å². The van der Waals surface area contributed by atoms with Gasteiger partial charge in [-0.3, -0.25) is 5.41 Å². The summed E-state index contributed by atoms with van der Waals surface area (Å²) in [5.41, 5.74) is 2.72. The van der Waals surface area contributed by atoms with Gasteiger partial charge in [-0.05, 0) is 32.9 Å². The maximum absolute atomic E-state index is 8.11. The Kier molecular flexibility index (Phi) is 2.00. The highest BCUT2D eigenvalue weighted by atomic mass is 15.2. The van der Waals surface area contributed by atoms with Crippen LogP contribution >= 0.6 is 0 Å². The molecule has 0 saturated heterocycles. The fourth-order valence-electron chi connectivity index (χ4n) is 1.99. The van der Waals surface area contributed by atoms with Gasteiger partial charge in [0.15, 0.2) is 0 Å². The summed E-state index contributed by atoms with van der Waals surface area (Å²) in [7, 11) is 1.94. The van der Waals surface area contributed by atoms with E-state index in [1.54, 1.807) is 0 Å². The monoisotopic (exact) mass is 203 g/mol. The van der Waals surface area contributed by atoms with Crippen molar-refractivity contribution >= 4 is 11.0 Å². The average Bonchev–Trinajstić information content (AvgIpc) is 2.39. The van der Waals surface area contributed by atoms with Crippen LogP contribution in [0.5, 0.6) is 0 Å². The van der Waals surface area contributed by atoms with Crippen LogP contribution in [-0.2, 0) is 12.6 Å². The van der Waals surface area contributed by atoms with Crippen LogP contribution in [0.4, 0.5) is 0 Å². The number of imidazole rings is 1. The van der Waals surface area contributed by atoms with E-state index in [-0.39, 0.29) is 5.54 Å². The summed E-state index contributed by atoms with van der Waals surface area (Å²) in [5.74, 6) is 0. The van der Waals surface area contributed by atoms with Gasteiger partial charge in [0.1, 0.15) is 0 Å². The number of aryl methyl sites for hydroxylation is 1. The highest BCUT2D eigenvalue weighted by Crippen LogP contribution is 2.19. The van der Waals surface area contributed by atoms with Crippen LogP contribution in [0, 0.1) is 5.41 Å². The molecule has 2 aromatic rings. The lowest BCUT2D eigenvalue weighted by molar-refractivity contribution is 0.385. The third-order valence-electron chi connectivity index (χ3n) is 2.68. The molecular weight excluding hydrogens is 186 g/mol. The van der Waals surface area contributed by atoms with Crippen molar-refractivity contribution in [2.24, 2.45) is 7.05 Å². The molecule has 3 nitrogen and oxygen atoms in total. The molecule has 0 atom stereocenters. The lowest BCUT2D eigenvalue weighted by Gasteiger charge is -2.21. The number of hydrogen-bond acceptors (Lipinski definition) is 1. The van der Waals surface area contributed by atoms with E-state index in [1.807, 2.05) is 23.7 Å². The Labute approximate surface area is 89.5 Å². The molecule has 80 valence electrons. The SMILES string of the molecule is Cn1c(=N)n(C(C)(C)C)c2ccccc21. The molecule has 1 heterocycles. The summed E-state index contributed by atoms with van der Waals surface area (Å²) in [6.45, 7) is 6.37. The van der Waals surface area contributed by atoms with Gasteiger partial charge in [-0.15, -0.1) is 0 Å². The van der Waals surface area contributed by atoms with Crippen LogP contribution in [-0.4, -0.2) is 9.13 Å². The minimum absolute atomic E-state index is 0.0576. The number of hydrogen-bond donors (Lipinski definition) is 1. The number of nitrogens with one attached hydrogen (secondary N) is 1. The van der Waals surface area contributed by atoms with Crippen LogP contribution in [0.15, 0.2) is 24.3 Å². The van der Waals surface area contributed by atoms with E-state index in [4.69, 9.17) is 5.41 Å². The van der Waals surface area contributed by atoms with Gasteiger partial charge in [-0.2, -0.15) is 0 Å². The number of fused-ring (bicyclic) bond motifs is 1. The van der Waals surface area contributed by atoms with Gasteiger partial charge in [0.25, 0.3) is 0 Å². The van der Waals surface area contributed by atoms with E-state index in [2.05, 4.69) is 37.5 Å². The molecule has 0 aliphatic rings. The standard InChI is InChI=1S/C12H17N3/c1-12(2,3)15-10-8-6-5-7-9(10)14(4)11(15)13/h5-8,13H,1-4H3. The summed E-state index contributed by atoms with van der Waals surface area (Å²) < 4.78 is 3.98. The Hall–Kier alpha value is -1.51. The number of aromatic nitrogens is 2. The van der Waals surface area contributed by atoms with Crippen LogP contribution in [0.25, 0.3) is 11.0 Å². The van der Waals surface area contributed by atoms with E-state index in [1.165, 1.54) is 0 Å². The molecule has 1 aromatic heterocycles. The molecule has 0 amide bonds. The maximum Gasteiger partial charge on any atom is 0.203 e. The Balaban J connectivity index is 2.97. The van der Waals surface area contributed by atoms with Crippen molar-refractivity contribution < 1.29 is 0 Å². The zero-order chi connectivity index (χ0) is 11.2. The first kappa shape index (κ1) is 10.0. The van der Waals surface area contributed by atoms with Gasteiger partial charge in [0, 0.05) is 12.6 Å². The van der Waals surface area contributed by atoms with Crippen LogP contribution in [0.2, 0.25) is 0 Å². The zero-order valence-corrected chi connectivity index (χ0v) is 9.70. The van der Waals surface area contributed by atoms with Crippen LogP contribution in [0.3, 0.4) is 0 Å². The van der Waals surface area contributed by atoms with E-state index in [0.29, 0.717) is 5.62 Å². The van der Waals surface area contributed by atoms with Crippen molar-refractivity contribution in [3.8, 4) is 0 Å². The second kappa shape index (κ2) is 2.99. The lowest BCUT2D eigenvalue weighted by atomic mass is 10.1. The average molecular weight is 203 g/mol. The molecular formula is C12H17N3. The number of benzene rings is 1. The molecule has 15 heavy (non-hydrogen) atoms.